The molecular weight excluding hydrogens is 326 g/mol. The molecule has 0 saturated heterocycles. The van der Waals surface area contributed by atoms with Gasteiger partial charge in [-0.25, -0.2) is 4.98 Å². The van der Waals surface area contributed by atoms with Gasteiger partial charge in [0, 0.05) is 11.3 Å². The standard InChI is InChI=1S/C18H12ClN3O2/c19-13-5-2-1-4-12(13)17-21-14-8-7-11(10-15(14)22-17)20-18(23)16-6-3-9-24-16/h1-10H,(H,20,23)(H,21,22). The number of halogens is 1. The van der Waals surface area contributed by atoms with E-state index < -0.39 is 0 Å². The summed E-state index contributed by atoms with van der Waals surface area (Å²) in [5, 5.41) is 3.42. The zero-order chi connectivity index (χ0) is 16.5. The molecule has 2 N–H and O–H groups in total. The van der Waals surface area contributed by atoms with Crippen LogP contribution in [0.3, 0.4) is 0 Å². The molecule has 4 aromatic rings. The number of nitrogens with one attached hydrogen (secondary N) is 2. The molecular formula is C18H12ClN3O2. The molecule has 2 heterocycles. The van der Waals surface area contributed by atoms with Crippen molar-refractivity contribution < 1.29 is 9.21 Å². The van der Waals surface area contributed by atoms with Crippen LogP contribution in [-0.4, -0.2) is 15.9 Å². The number of nitrogens with zero attached hydrogens (tertiary/aromatic N) is 1. The van der Waals surface area contributed by atoms with E-state index >= 15 is 0 Å². The van der Waals surface area contributed by atoms with Gasteiger partial charge < -0.3 is 14.7 Å². The van der Waals surface area contributed by atoms with E-state index in [0.717, 1.165) is 16.6 Å². The summed E-state index contributed by atoms with van der Waals surface area (Å²) in [7, 11) is 0. The van der Waals surface area contributed by atoms with Gasteiger partial charge in [0.1, 0.15) is 5.82 Å². The first-order valence-corrected chi connectivity index (χ1v) is 7.68. The maximum atomic E-state index is 12.0. The van der Waals surface area contributed by atoms with Crippen LogP contribution in [0.4, 0.5) is 5.69 Å². The lowest BCUT2D eigenvalue weighted by Gasteiger charge is -2.02. The third-order valence-corrected chi connectivity index (χ3v) is 3.94. The molecule has 0 bridgehead atoms. The minimum Gasteiger partial charge on any atom is -0.459 e. The second-order valence-electron chi connectivity index (χ2n) is 5.23. The first-order chi connectivity index (χ1) is 11.7. The molecule has 2 aromatic heterocycles. The van der Waals surface area contributed by atoms with E-state index in [1.54, 1.807) is 18.2 Å². The SMILES string of the molecule is O=C(Nc1ccc2nc(-c3ccccc3Cl)[nH]c2c1)c1ccco1. The summed E-state index contributed by atoms with van der Waals surface area (Å²) in [6.45, 7) is 0. The molecule has 0 atom stereocenters. The van der Waals surface area contributed by atoms with Gasteiger partial charge in [-0.1, -0.05) is 23.7 Å². The van der Waals surface area contributed by atoms with Gasteiger partial charge in [-0.15, -0.1) is 0 Å². The van der Waals surface area contributed by atoms with E-state index in [0.29, 0.717) is 16.5 Å². The molecule has 0 aliphatic heterocycles. The van der Waals surface area contributed by atoms with Gasteiger partial charge in [-0.05, 0) is 42.5 Å². The number of aromatic amines is 1. The van der Waals surface area contributed by atoms with Crippen LogP contribution in [0.25, 0.3) is 22.4 Å². The van der Waals surface area contributed by atoms with Crippen molar-refractivity contribution in [3.8, 4) is 11.4 Å². The van der Waals surface area contributed by atoms with Crippen LogP contribution < -0.4 is 5.32 Å². The average Bonchev–Trinajstić information content (AvgIpc) is 3.24. The number of benzene rings is 2. The third kappa shape index (κ3) is 2.66. The smallest absolute Gasteiger partial charge is 0.291 e. The lowest BCUT2D eigenvalue weighted by atomic mass is 10.2. The number of hydrogen-bond acceptors (Lipinski definition) is 3. The van der Waals surface area contributed by atoms with Crippen molar-refractivity contribution in [2.45, 2.75) is 0 Å². The molecule has 0 radical (unpaired) electrons. The number of anilines is 1. The molecule has 118 valence electrons. The van der Waals surface area contributed by atoms with E-state index in [2.05, 4.69) is 15.3 Å². The summed E-state index contributed by atoms with van der Waals surface area (Å²) in [6.07, 6.45) is 1.46. The summed E-state index contributed by atoms with van der Waals surface area (Å²) >= 11 is 6.22. The Morgan fingerprint density at radius 3 is 2.79 bits per heavy atom. The molecule has 24 heavy (non-hydrogen) atoms. The molecule has 1 amide bonds. The zero-order valence-electron chi connectivity index (χ0n) is 12.4. The van der Waals surface area contributed by atoms with Crippen molar-refractivity contribution in [2.75, 3.05) is 5.32 Å². The van der Waals surface area contributed by atoms with Gasteiger partial charge in [0.2, 0.25) is 0 Å². The Balaban J connectivity index is 1.66. The molecule has 0 unspecified atom stereocenters. The summed E-state index contributed by atoms with van der Waals surface area (Å²) < 4.78 is 5.08. The highest BCUT2D eigenvalue weighted by Crippen LogP contribution is 2.28. The fourth-order valence-electron chi connectivity index (χ4n) is 2.47. The van der Waals surface area contributed by atoms with Crippen molar-refractivity contribution in [3.05, 3.63) is 71.6 Å². The maximum Gasteiger partial charge on any atom is 0.291 e. The largest absolute Gasteiger partial charge is 0.459 e. The lowest BCUT2D eigenvalue weighted by Crippen LogP contribution is -2.10. The minimum absolute atomic E-state index is 0.261. The fraction of sp³-hybridized carbons (Fsp3) is 0. The number of carbonyl (C=O) groups is 1. The van der Waals surface area contributed by atoms with Gasteiger partial charge in [-0.2, -0.15) is 0 Å². The third-order valence-electron chi connectivity index (χ3n) is 3.61. The van der Waals surface area contributed by atoms with E-state index in [4.69, 9.17) is 16.0 Å². The molecule has 6 heteroatoms. The Labute approximate surface area is 142 Å². The van der Waals surface area contributed by atoms with Crippen LogP contribution in [0.1, 0.15) is 10.6 Å². The highest BCUT2D eigenvalue weighted by Gasteiger charge is 2.11. The first-order valence-electron chi connectivity index (χ1n) is 7.30. The fourth-order valence-corrected chi connectivity index (χ4v) is 2.69. The topological polar surface area (TPSA) is 70.9 Å². The minimum atomic E-state index is -0.301. The van der Waals surface area contributed by atoms with E-state index in [1.165, 1.54) is 6.26 Å². The maximum absolute atomic E-state index is 12.0. The molecule has 0 saturated carbocycles. The highest BCUT2D eigenvalue weighted by atomic mass is 35.5. The Bertz CT molecular complexity index is 1020. The highest BCUT2D eigenvalue weighted by molar-refractivity contribution is 6.33. The quantitative estimate of drug-likeness (QED) is 0.567. The second-order valence-corrected chi connectivity index (χ2v) is 5.64. The number of amides is 1. The molecule has 5 nitrogen and oxygen atoms in total. The van der Waals surface area contributed by atoms with Crippen LogP contribution in [0.5, 0.6) is 0 Å². The van der Waals surface area contributed by atoms with Gasteiger partial charge in [-0.3, -0.25) is 4.79 Å². The molecule has 2 aromatic carbocycles. The second kappa shape index (κ2) is 5.86. The average molecular weight is 338 g/mol. The summed E-state index contributed by atoms with van der Waals surface area (Å²) in [5.74, 6) is 0.645. The van der Waals surface area contributed by atoms with Crippen LogP contribution in [0.15, 0.2) is 65.3 Å². The van der Waals surface area contributed by atoms with Gasteiger partial charge in [0.25, 0.3) is 5.91 Å². The summed E-state index contributed by atoms with van der Waals surface area (Å²) in [5.41, 5.74) is 3.08. The summed E-state index contributed by atoms with van der Waals surface area (Å²) in [4.78, 5) is 19.8. The Morgan fingerprint density at radius 1 is 1.12 bits per heavy atom. The number of carbonyl (C=O) groups excluding carboxylic acids is 1. The molecule has 0 fully saturated rings. The number of fused-ring (bicyclic) bond motifs is 1. The summed E-state index contributed by atoms with van der Waals surface area (Å²) in [6, 6.07) is 16.2. The molecule has 0 spiro atoms. The van der Waals surface area contributed by atoms with E-state index in [1.807, 2.05) is 36.4 Å². The molecule has 0 aliphatic rings. The van der Waals surface area contributed by atoms with Crippen LogP contribution in [-0.2, 0) is 0 Å². The monoisotopic (exact) mass is 337 g/mol. The van der Waals surface area contributed by atoms with Crippen molar-refractivity contribution in [1.29, 1.82) is 0 Å². The Kier molecular flexibility index (Phi) is 3.55. The van der Waals surface area contributed by atoms with Crippen LogP contribution >= 0.6 is 11.6 Å². The molecule has 4 rings (SSSR count). The number of aromatic nitrogens is 2. The van der Waals surface area contributed by atoms with Gasteiger partial charge >= 0.3 is 0 Å². The number of rotatable bonds is 3. The Morgan fingerprint density at radius 2 is 2.00 bits per heavy atom. The van der Waals surface area contributed by atoms with Crippen molar-refractivity contribution in [3.63, 3.8) is 0 Å². The van der Waals surface area contributed by atoms with E-state index in [-0.39, 0.29) is 11.7 Å². The van der Waals surface area contributed by atoms with Gasteiger partial charge in [0.05, 0.1) is 22.3 Å². The predicted molar refractivity (Wildman–Crippen MR) is 93.2 cm³/mol. The molecule has 0 aliphatic carbocycles. The zero-order valence-corrected chi connectivity index (χ0v) is 13.2. The Hall–Kier alpha value is -3.05. The lowest BCUT2D eigenvalue weighted by molar-refractivity contribution is 0.0996. The number of furan rings is 1. The van der Waals surface area contributed by atoms with Crippen molar-refractivity contribution >= 4 is 34.2 Å². The number of H-pyrrole nitrogens is 1. The normalized spacial score (nSPS) is 10.9. The van der Waals surface area contributed by atoms with Gasteiger partial charge in [0.15, 0.2) is 5.76 Å². The number of hydrogen-bond donors (Lipinski definition) is 2. The van der Waals surface area contributed by atoms with E-state index in [9.17, 15) is 4.79 Å². The predicted octanol–water partition coefficient (Wildman–Crippen LogP) is 4.73. The van der Waals surface area contributed by atoms with Crippen molar-refractivity contribution in [2.24, 2.45) is 0 Å². The van der Waals surface area contributed by atoms with Crippen LogP contribution in [0, 0.1) is 0 Å². The van der Waals surface area contributed by atoms with Crippen LogP contribution in [0.2, 0.25) is 5.02 Å². The number of imidazole rings is 1. The van der Waals surface area contributed by atoms with Crippen molar-refractivity contribution in [1.82, 2.24) is 9.97 Å². The first kappa shape index (κ1) is 14.5.